The van der Waals surface area contributed by atoms with Crippen molar-refractivity contribution in [3.8, 4) is 5.75 Å². The van der Waals surface area contributed by atoms with Crippen molar-refractivity contribution < 1.29 is 4.74 Å². The molecule has 16 heavy (non-hydrogen) atoms. The number of hydrogen-bond acceptors (Lipinski definition) is 4. The fourth-order valence-corrected chi connectivity index (χ4v) is 2.16. The van der Waals surface area contributed by atoms with Gasteiger partial charge in [-0.25, -0.2) is 4.98 Å². The zero-order valence-corrected chi connectivity index (χ0v) is 10.1. The lowest BCUT2D eigenvalue weighted by Gasteiger charge is -2.32. The number of ether oxygens (including phenoxy) is 1. The Bertz CT molecular complexity index is 372. The summed E-state index contributed by atoms with van der Waals surface area (Å²) in [6.45, 7) is 1.88. The number of aromatic nitrogens is 1. The van der Waals surface area contributed by atoms with Crippen molar-refractivity contribution in [3.05, 3.63) is 17.4 Å². The summed E-state index contributed by atoms with van der Waals surface area (Å²) >= 11 is 5.88. The summed E-state index contributed by atoms with van der Waals surface area (Å²) < 4.78 is 5.15. The van der Waals surface area contributed by atoms with E-state index in [9.17, 15) is 0 Å². The summed E-state index contributed by atoms with van der Waals surface area (Å²) in [7, 11) is 1.59. The second-order valence-corrected chi connectivity index (χ2v) is 4.39. The van der Waals surface area contributed by atoms with Crippen LogP contribution in [-0.2, 0) is 0 Å². The second-order valence-electron chi connectivity index (χ2n) is 4.03. The van der Waals surface area contributed by atoms with Crippen LogP contribution in [0, 0.1) is 0 Å². The highest BCUT2D eigenvalue weighted by molar-refractivity contribution is 6.30. The molecule has 2 heterocycles. The third-order valence-corrected chi connectivity index (χ3v) is 3.12. The first-order chi connectivity index (χ1) is 7.70. The zero-order valence-electron chi connectivity index (χ0n) is 9.32. The van der Waals surface area contributed by atoms with Crippen LogP contribution in [0.1, 0.15) is 12.8 Å². The number of nitrogens with two attached hydrogens (primary N) is 1. The molecule has 0 unspecified atom stereocenters. The van der Waals surface area contributed by atoms with Gasteiger partial charge in [0.25, 0.3) is 0 Å². The highest BCUT2D eigenvalue weighted by atomic mass is 35.5. The highest BCUT2D eigenvalue weighted by Crippen LogP contribution is 2.28. The van der Waals surface area contributed by atoms with Crippen molar-refractivity contribution in [1.82, 2.24) is 4.98 Å². The SMILES string of the molecule is COc1cc(N2CCC[C@@H](N)C2)cnc1Cl. The molecule has 0 aromatic carbocycles. The molecular formula is C11H16ClN3O. The maximum absolute atomic E-state index is 5.94. The Morgan fingerprint density at radius 1 is 1.62 bits per heavy atom. The first-order valence-corrected chi connectivity index (χ1v) is 5.78. The maximum Gasteiger partial charge on any atom is 0.171 e. The van der Waals surface area contributed by atoms with E-state index >= 15 is 0 Å². The molecule has 0 spiro atoms. The number of methoxy groups -OCH3 is 1. The molecule has 1 atom stereocenters. The summed E-state index contributed by atoms with van der Waals surface area (Å²) in [4.78, 5) is 6.33. The van der Waals surface area contributed by atoms with Crippen LogP contribution in [0.2, 0.25) is 5.15 Å². The lowest BCUT2D eigenvalue weighted by molar-refractivity contribution is 0.412. The minimum atomic E-state index is 0.246. The van der Waals surface area contributed by atoms with Crippen LogP contribution in [0.5, 0.6) is 5.75 Å². The zero-order chi connectivity index (χ0) is 11.5. The number of hydrogen-bond donors (Lipinski definition) is 1. The molecule has 0 saturated carbocycles. The number of anilines is 1. The van der Waals surface area contributed by atoms with E-state index in [2.05, 4.69) is 9.88 Å². The molecule has 1 fully saturated rings. The Labute approximate surface area is 100 Å². The van der Waals surface area contributed by atoms with Gasteiger partial charge in [-0.2, -0.15) is 0 Å². The molecular weight excluding hydrogens is 226 g/mol. The molecule has 1 aliphatic rings. The predicted molar refractivity (Wildman–Crippen MR) is 65.2 cm³/mol. The Kier molecular flexibility index (Phi) is 3.51. The van der Waals surface area contributed by atoms with Crippen molar-refractivity contribution in [2.45, 2.75) is 18.9 Å². The van der Waals surface area contributed by atoms with Gasteiger partial charge < -0.3 is 15.4 Å². The van der Waals surface area contributed by atoms with Crippen molar-refractivity contribution in [2.24, 2.45) is 5.73 Å². The van der Waals surface area contributed by atoms with Crippen molar-refractivity contribution in [3.63, 3.8) is 0 Å². The van der Waals surface area contributed by atoms with Gasteiger partial charge in [0.2, 0.25) is 0 Å². The highest BCUT2D eigenvalue weighted by Gasteiger charge is 2.18. The molecule has 1 aliphatic heterocycles. The molecule has 88 valence electrons. The van der Waals surface area contributed by atoms with Crippen LogP contribution in [0.3, 0.4) is 0 Å². The fourth-order valence-electron chi connectivity index (χ4n) is 1.98. The monoisotopic (exact) mass is 241 g/mol. The molecule has 0 radical (unpaired) electrons. The third-order valence-electron chi connectivity index (χ3n) is 2.84. The fraction of sp³-hybridized carbons (Fsp3) is 0.545. The largest absolute Gasteiger partial charge is 0.493 e. The summed E-state index contributed by atoms with van der Waals surface area (Å²) in [5.41, 5.74) is 6.97. The molecule has 5 heteroatoms. The standard InChI is InChI=1S/C11H16ClN3O/c1-16-10-5-9(6-14-11(10)12)15-4-2-3-8(13)7-15/h5-6,8H,2-4,7,13H2,1H3/t8-/m1/s1. The van der Waals surface area contributed by atoms with Gasteiger partial charge in [-0.15, -0.1) is 0 Å². The summed E-state index contributed by atoms with van der Waals surface area (Å²) in [6.07, 6.45) is 3.98. The van der Waals surface area contributed by atoms with E-state index in [0.717, 1.165) is 31.6 Å². The topological polar surface area (TPSA) is 51.4 Å². The second kappa shape index (κ2) is 4.89. The van der Waals surface area contributed by atoms with Crippen molar-refractivity contribution >= 4 is 17.3 Å². The Hall–Kier alpha value is -1.00. The first-order valence-electron chi connectivity index (χ1n) is 5.41. The van der Waals surface area contributed by atoms with Gasteiger partial charge >= 0.3 is 0 Å². The van der Waals surface area contributed by atoms with Crippen LogP contribution < -0.4 is 15.4 Å². The van der Waals surface area contributed by atoms with Crippen LogP contribution >= 0.6 is 11.6 Å². The van der Waals surface area contributed by atoms with Gasteiger partial charge in [0.15, 0.2) is 10.9 Å². The van der Waals surface area contributed by atoms with E-state index in [1.54, 1.807) is 13.3 Å². The molecule has 2 rings (SSSR count). The van der Waals surface area contributed by atoms with Crippen molar-refractivity contribution in [2.75, 3.05) is 25.1 Å². The van der Waals surface area contributed by atoms with E-state index in [-0.39, 0.29) is 6.04 Å². The van der Waals surface area contributed by atoms with E-state index in [1.165, 1.54) is 0 Å². The van der Waals surface area contributed by atoms with Crippen LogP contribution in [0.25, 0.3) is 0 Å². The number of halogens is 1. The lowest BCUT2D eigenvalue weighted by atomic mass is 10.1. The van der Waals surface area contributed by atoms with E-state index in [0.29, 0.717) is 10.9 Å². The molecule has 1 aromatic rings. The number of rotatable bonds is 2. The third kappa shape index (κ3) is 2.39. The lowest BCUT2D eigenvalue weighted by Crippen LogP contribution is -2.42. The van der Waals surface area contributed by atoms with Gasteiger partial charge in [0.05, 0.1) is 19.0 Å². The summed E-state index contributed by atoms with van der Waals surface area (Å²) in [5.74, 6) is 0.610. The van der Waals surface area contributed by atoms with Gasteiger partial charge in [-0.1, -0.05) is 11.6 Å². The van der Waals surface area contributed by atoms with Gasteiger partial charge in [0, 0.05) is 25.2 Å². The average Bonchev–Trinajstić information content (AvgIpc) is 2.29. The maximum atomic E-state index is 5.94. The summed E-state index contributed by atoms with van der Waals surface area (Å²) in [5, 5.41) is 0.396. The number of piperidine rings is 1. The Morgan fingerprint density at radius 2 is 2.44 bits per heavy atom. The van der Waals surface area contributed by atoms with Crippen LogP contribution in [0.15, 0.2) is 12.3 Å². The number of nitrogens with zero attached hydrogens (tertiary/aromatic N) is 2. The molecule has 1 aromatic heterocycles. The quantitative estimate of drug-likeness (QED) is 0.801. The minimum Gasteiger partial charge on any atom is -0.493 e. The molecule has 0 aliphatic carbocycles. The van der Waals surface area contributed by atoms with Gasteiger partial charge in [-0.05, 0) is 12.8 Å². The van der Waals surface area contributed by atoms with E-state index in [1.807, 2.05) is 6.07 Å². The minimum absolute atomic E-state index is 0.246. The Morgan fingerprint density at radius 3 is 3.12 bits per heavy atom. The molecule has 0 bridgehead atoms. The molecule has 4 nitrogen and oxygen atoms in total. The number of pyridine rings is 1. The van der Waals surface area contributed by atoms with Crippen LogP contribution in [0.4, 0.5) is 5.69 Å². The molecule has 2 N–H and O–H groups in total. The average molecular weight is 242 g/mol. The van der Waals surface area contributed by atoms with Gasteiger partial charge in [-0.3, -0.25) is 0 Å². The molecule has 0 amide bonds. The molecule has 1 saturated heterocycles. The van der Waals surface area contributed by atoms with E-state index < -0.39 is 0 Å². The predicted octanol–water partition coefficient (Wildman–Crippen LogP) is 1.67. The smallest absolute Gasteiger partial charge is 0.171 e. The first kappa shape index (κ1) is 11.5. The van der Waals surface area contributed by atoms with E-state index in [4.69, 9.17) is 22.1 Å². The summed E-state index contributed by atoms with van der Waals surface area (Å²) in [6, 6.07) is 2.16. The van der Waals surface area contributed by atoms with Gasteiger partial charge in [0.1, 0.15) is 0 Å². The van der Waals surface area contributed by atoms with Crippen molar-refractivity contribution in [1.29, 1.82) is 0 Å². The van der Waals surface area contributed by atoms with Crippen LogP contribution in [-0.4, -0.2) is 31.2 Å². The normalized spacial score (nSPS) is 20.9. The Balaban J connectivity index is 2.19.